The highest BCUT2D eigenvalue weighted by atomic mass is 19.1. The van der Waals surface area contributed by atoms with Gasteiger partial charge in [0.15, 0.2) is 0 Å². The first-order valence-electron chi connectivity index (χ1n) is 13.3. The molecule has 0 aliphatic carbocycles. The summed E-state index contributed by atoms with van der Waals surface area (Å²) in [5.41, 5.74) is 3.91. The second-order valence-corrected chi connectivity index (χ2v) is 10.4. The van der Waals surface area contributed by atoms with Crippen LogP contribution in [0.4, 0.5) is 20.6 Å². The van der Waals surface area contributed by atoms with E-state index < -0.39 is 0 Å². The van der Waals surface area contributed by atoms with Crippen molar-refractivity contribution in [1.82, 2.24) is 4.90 Å². The molecular formula is C31H36FN3O. The Balaban J connectivity index is 1.20. The Morgan fingerprint density at radius 2 is 1.69 bits per heavy atom. The zero-order chi connectivity index (χ0) is 24.9. The zero-order valence-corrected chi connectivity index (χ0v) is 21.1. The van der Waals surface area contributed by atoms with Crippen LogP contribution in [-0.2, 0) is 6.42 Å². The molecule has 0 radical (unpaired) electrons. The molecule has 0 spiro atoms. The number of nitrogens with zero attached hydrogens (tertiary/aromatic N) is 2. The van der Waals surface area contributed by atoms with Gasteiger partial charge in [0.1, 0.15) is 5.82 Å². The highest BCUT2D eigenvalue weighted by molar-refractivity contribution is 6.01. The lowest BCUT2D eigenvalue weighted by atomic mass is 9.85. The molecule has 2 bridgehead atoms. The largest absolute Gasteiger partial charge is 0.326 e. The Morgan fingerprint density at radius 1 is 0.972 bits per heavy atom. The molecule has 5 rings (SSSR count). The third kappa shape index (κ3) is 5.96. The minimum Gasteiger partial charge on any atom is -0.308 e. The van der Waals surface area contributed by atoms with Crippen LogP contribution >= 0.6 is 0 Å². The van der Waals surface area contributed by atoms with E-state index in [0.29, 0.717) is 24.3 Å². The van der Waals surface area contributed by atoms with Crippen molar-refractivity contribution in [3.63, 3.8) is 0 Å². The summed E-state index contributed by atoms with van der Waals surface area (Å²) in [5.74, 6) is 0.421. The fraction of sp³-hybridized carbons (Fsp3) is 0.387. The quantitative estimate of drug-likeness (QED) is 0.371. The molecular weight excluding hydrogens is 449 g/mol. The molecule has 5 heteroatoms. The number of fused-ring (bicyclic) bond motifs is 2. The van der Waals surface area contributed by atoms with E-state index in [1.807, 2.05) is 31.2 Å². The SMILES string of the molecule is Cc1ccc(NC(=O)N(CCCN2[C@@H]3CC[C@@H]2CC(Cc2ccccc2)C3)c2cccc(F)c2)cc1. The third-order valence-corrected chi connectivity index (χ3v) is 7.82. The number of piperidine rings is 1. The number of benzene rings is 3. The second kappa shape index (κ2) is 11.3. The van der Waals surface area contributed by atoms with Gasteiger partial charge in [0.05, 0.1) is 0 Å². The van der Waals surface area contributed by atoms with Gasteiger partial charge in [-0.3, -0.25) is 9.80 Å². The van der Waals surface area contributed by atoms with Gasteiger partial charge in [0, 0.05) is 36.5 Å². The minimum atomic E-state index is -0.334. The number of anilines is 2. The fourth-order valence-electron chi connectivity index (χ4n) is 6.10. The molecule has 2 atom stereocenters. The highest BCUT2D eigenvalue weighted by Gasteiger charge is 2.40. The Bertz CT molecular complexity index is 1140. The number of urea groups is 1. The molecule has 2 aliphatic heterocycles. The number of carbonyl (C=O) groups excluding carboxylic acids is 1. The lowest BCUT2D eigenvalue weighted by Crippen LogP contribution is -2.45. The van der Waals surface area contributed by atoms with Crippen molar-refractivity contribution in [2.24, 2.45) is 5.92 Å². The molecule has 2 fully saturated rings. The molecule has 3 aromatic rings. The lowest BCUT2D eigenvalue weighted by molar-refractivity contribution is 0.103. The first-order chi connectivity index (χ1) is 17.5. The molecule has 0 aromatic heterocycles. The summed E-state index contributed by atoms with van der Waals surface area (Å²) in [6, 6.07) is 26.0. The predicted molar refractivity (Wildman–Crippen MR) is 145 cm³/mol. The van der Waals surface area contributed by atoms with Crippen LogP contribution in [-0.4, -0.2) is 36.1 Å². The van der Waals surface area contributed by atoms with E-state index >= 15 is 0 Å². The van der Waals surface area contributed by atoms with E-state index in [0.717, 1.165) is 30.1 Å². The van der Waals surface area contributed by atoms with E-state index in [4.69, 9.17) is 0 Å². The third-order valence-electron chi connectivity index (χ3n) is 7.82. The van der Waals surface area contributed by atoms with E-state index in [9.17, 15) is 9.18 Å². The average molecular weight is 486 g/mol. The summed E-state index contributed by atoms with van der Waals surface area (Å²) in [5, 5.41) is 2.99. The van der Waals surface area contributed by atoms with E-state index in [1.165, 1.54) is 49.8 Å². The zero-order valence-electron chi connectivity index (χ0n) is 21.1. The topological polar surface area (TPSA) is 35.6 Å². The number of carbonyl (C=O) groups is 1. The van der Waals surface area contributed by atoms with Crippen LogP contribution in [0, 0.1) is 18.7 Å². The Labute approximate surface area is 214 Å². The van der Waals surface area contributed by atoms with Gasteiger partial charge in [-0.2, -0.15) is 0 Å². The van der Waals surface area contributed by atoms with Crippen LogP contribution in [0.15, 0.2) is 78.9 Å². The molecule has 188 valence electrons. The van der Waals surface area contributed by atoms with Gasteiger partial charge >= 0.3 is 6.03 Å². The number of halogens is 1. The molecule has 1 N–H and O–H groups in total. The van der Waals surface area contributed by atoms with Gasteiger partial charge in [-0.05, 0) is 87.3 Å². The van der Waals surface area contributed by atoms with Crippen molar-refractivity contribution >= 4 is 17.4 Å². The van der Waals surface area contributed by atoms with Gasteiger partial charge in [-0.15, -0.1) is 0 Å². The van der Waals surface area contributed by atoms with Gasteiger partial charge in [-0.1, -0.05) is 54.1 Å². The maximum Gasteiger partial charge on any atom is 0.326 e. The Kier molecular flexibility index (Phi) is 7.66. The van der Waals surface area contributed by atoms with Crippen molar-refractivity contribution in [2.45, 2.75) is 57.5 Å². The second-order valence-electron chi connectivity index (χ2n) is 10.4. The van der Waals surface area contributed by atoms with Gasteiger partial charge in [0.25, 0.3) is 0 Å². The van der Waals surface area contributed by atoms with Crippen molar-refractivity contribution in [1.29, 1.82) is 0 Å². The standard InChI is InChI=1S/C31H36FN3O/c1-23-11-13-27(14-12-23)33-31(36)35(28-10-5-9-26(32)22-28)18-6-17-34-29-15-16-30(34)21-25(20-29)19-24-7-3-2-4-8-24/h2-5,7-14,22,25,29-30H,6,15-21H2,1H3,(H,33,36)/t29-,30-/m1/s1. The predicted octanol–water partition coefficient (Wildman–Crippen LogP) is 7.05. The molecule has 3 aromatic carbocycles. The minimum absolute atomic E-state index is 0.228. The summed E-state index contributed by atoms with van der Waals surface area (Å²) in [6.07, 6.45) is 7.09. The maximum atomic E-state index is 14.0. The Hall–Kier alpha value is -3.18. The van der Waals surface area contributed by atoms with Gasteiger partial charge < -0.3 is 5.32 Å². The molecule has 2 aliphatic rings. The van der Waals surface area contributed by atoms with Crippen LogP contribution in [0.2, 0.25) is 0 Å². The van der Waals surface area contributed by atoms with Crippen LogP contribution < -0.4 is 10.2 Å². The Morgan fingerprint density at radius 3 is 2.39 bits per heavy atom. The molecule has 0 unspecified atom stereocenters. The average Bonchev–Trinajstić information content (AvgIpc) is 3.11. The highest BCUT2D eigenvalue weighted by Crippen LogP contribution is 2.40. The van der Waals surface area contributed by atoms with E-state index in [1.54, 1.807) is 17.0 Å². The number of amides is 2. The van der Waals surface area contributed by atoms with Crippen molar-refractivity contribution < 1.29 is 9.18 Å². The summed E-state index contributed by atoms with van der Waals surface area (Å²) in [4.78, 5) is 17.6. The lowest BCUT2D eigenvalue weighted by Gasteiger charge is -2.39. The molecule has 36 heavy (non-hydrogen) atoms. The monoisotopic (exact) mass is 485 g/mol. The normalized spacial score (nSPS) is 21.3. The van der Waals surface area contributed by atoms with E-state index in [2.05, 4.69) is 40.5 Å². The smallest absolute Gasteiger partial charge is 0.308 e. The first kappa shape index (κ1) is 24.5. The molecule has 2 heterocycles. The molecule has 0 saturated carbocycles. The summed E-state index contributed by atoms with van der Waals surface area (Å²) in [6.45, 7) is 3.53. The molecule has 2 saturated heterocycles. The van der Waals surface area contributed by atoms with E-state index in [-0.39, 0.29) is 11.8 Å². The van der Waals surface area contributed by atoms with Gasteiger partial charge in [0.2, 0.25) is 0 Å². The molecule has 2 amide bonds. The van der Waals surface area contributed by atoms with Crippen LogP contribution in [0.5, 0.6) is 0 Å². The van der Waals surface area contributed by atoms with Crippen LogP contribution in [0.25, 0.3) is 0 Å². The number of hydrogen-bond donors (Lipinski definition) is 1. The fourth-order valence-corrected chi connectivity index (χ4v) is 6.10. The first-order valence-corrected chi connectivity index (χ1v) is 13.3. The number of aryl methyl sites for hydroxylation is 1. The van der Waals surface area contributed by atoms with Crippen molar-refractivity contribution in [3.05, 3.63) is 95.8 Å². The van der Waals surface area contributed by atoms with Crippen molar-refractivity contribution in [3.8, 4) is 0 Å². The summed E-state index contributed by atoms with van der Waals surface area (Å²) in [7, 11) is 0. The number of rotatable bonds is 8. The summed E-state index contributed by atoms with van der Waals surface area (Å²) < 4.78 is 14.0. The summed E-state index contributed by atoms with van der Waals surface area (Å²) >= 11 is 0. The maximum absolute atomic E-state index is 14.0. The van der Waals surface area contributed by atoms with Crippen LogP contribution in [0.3, 0.4) is 0 Å². The number of hydrogen-bond acceptors (Lipinski definition) is 2. The number of nitrogens with one attached hydrogen (secondary N) is 1. The van der Waals surface area contributed by atoms with Crippen LogP contribution in [0.1, 0.15) is 43.2 Å². The molecule has 4 nitrogen and oxygen atoms in total. The van der Waals surface area contributed by atoms with Gasteiger partial charge in [-0.25, -0.2) is 9.18 Å². The van der Waals surface area contributed by atoms with Crippen molar-refractivity contribution in [2.75, 3.05) is 23.3 Å².